The molecule has 0 radical (unpaired) electrons. The van der Waals surface area contributed by atoms with E-state index in [1.165, 1.54) is 25.0 Å². The zero-order valence-corrected chi connectivity index (χ0v) is 13.3. The average Bonchev–Trinajstić information content (AvgIpc) is 2.39. The second kappa shape index (κ2) is 6.68. The molecule has 1 aromatic carbocycles. The van der Waals surface area contributed by atoms with Crippen LogP contribution in [0.4, 0.5) is 4.39 Å². The molecule has 0 unspecified atom stereocenters. The van der Waals surface area contributed by atoms with Crippen LogP contribution in [0.15, 0.2) is 18.2 Å². The first kappa shape index (κ1) is 14.8. The number of rotatable bonds is 3. The second-order valence-corrected chi connectivity index (χ2v) is 6.31. The summed E-state index contributed by atoms with van der Waals surface area (Å²) in [6.45, 7) is 3.87. The third-order valence-electron chi connectivity index (χ3n) is 3.76. The number of nitrogens with zero attached hydrogens (tertiary/aromatic N) is 1. The lowest BCUT2D eigenvalue weighted by atomic mass is 9.92. The highest BCUT2D eigenvalue weighted by Crippen LogP contribution is 2.24. The van der Waals surface area contributed by atoms with E-state index < -0.39 is 0 Å². The third kappa shape index (κ3) is 3.68. The second-order valence-electron chi connectivity index (χ2n) is 5.15. The molecule has 0 atom stereocenters. The standard InChI is InChI=1S/C15H19FINO/c1-2-3-11-6-8-18(9-7-11)15(19)13-5-4-12(16)10-14(13)17/h4-5,10-11H,2-3,6-9H2,1H3. The lowest BCUT2D eigenvalue weighted by Gasteiger charge is -2.32. The molecule has 1 aliphatic heterocycles. The van der Waals surface area contributed by atoms with Crippen molar-refractivity contribution >= 4 is 28.5 Å². The molecular weight excluding hydrogens is 356 g/mol. The number of hydrogen-bond donors (Lipinski definition) is 0. The molecule has 0 aliphatic carbocycles. The summed E-state index contributed by atoms with van der Waals surface area (Å²) < 4.78 is 13.8. The molecule has 0 bridgehead atoms. The fourth-order valence-corrected chi connectivity index (χ4v) is 3.37. The Morgan fingerprint density at radius 3 is 2.68 bits per heavy atom. The SMILES string of the molecule is CCCC1CCN(C(=O)c2ccc(F)cc2I)CC1. The Morgan fingerprint density at radius 1 is 1.42 bits per heavy atom. The summed E-state index contributed by atoms with van der Waals surface area (Å²) in [5.41, 5.74) is 0.621. The minimum atomic E-state index is -0.289. The largest absolute Gasteiger partial charge is 0.339 e. The van der Waals surface area contributed by atoms with E-state index in [1.54, 1.807) is 6.07 Å². The molecule has 0 aromatic heterocycles. The van der Waals surface area contributed by atoms with Crippen LogP contribution in [0, 0.1) is 15.3 Å². The Bertz CT molecular complexity index is 455. The van der Waals surface area contributed by atoms with E-state index in [1.807, 2.05) is 27.5 Å². The van der Waals surface area contributed by atoms with Gasteiger partial charge in [0.25, 0.3) is 5.91 Å². The molecule has 4 heteroatoms. The maximum absolute atomic E-state index is 13.1. The summed E-state index contributed by atoms with van der Waals surface area (Å²) in [5, 5.41) is 0. The molecule has 1 fully saturated rings. The number of amides is 1. The molecule has 104 valence electrons. The van der Waals surface area contributed by atoms with E-state index in [-0.39, 0.29) is 11.7 Å². The summed E-state index contributed by atoms with van der Waals surface area (Å²) >= 11 is 2.03. The van der Waals surface area contributed by atoms with Gasteiger partial charge in [-0.2, -0.15) is 0 Å². The number of halogens is 2. The normalized spacial score (nSPS) is 16.7. The van der Waals surface area contributed by atoms with Gasteiger partial charge in [0.2, 0.25) is 0 Å². The predicted molar refractivity (Wildman–Crippen MR) is 82.7 cm³/mol. The highest BCUT2D eigenvalue weighted by atomic mass is 127. The molecule has 1 aromatic rings. The van der Waals surface area contributed by atoms with Crippen LogP contribution in [0.3, 0.4) is 0 Å². The molecule has 1 amide bonds. The molecule has 0 saturated carbocycles. The lowest BCUT2D eigenvalue weighted by molar-refractivity contribution is 0.0685. The molecule has 1 saturated heterocycles. The van der Waals surface area contributed by atoms with Crippen molar-refractivity contribution in [2.24, 2.45) is 5.92 Å². The van der Waals surface area contributed by atoms with E-state index in [0.717, 1.165) is 31.8 Å². The van der Waals surface area contributed by atoms with E-state index in [9.17, 15) is 9.18 Å². The Kier molecular flexibility index (Phi) is 5.19. The zero-order chi connectivity index (χ0) is 13.8. The van der Waals surface area contributed by atoms with Gasteiger partial charge in [0, 0.05) is 16.7 Å². The van der Waals surface area contributed by atoms with Gasteiger partial charge in [-0.15, -0.1) is 0 Å². The van der Waals surface area contributed by atoms with Gasteiger partial charge in [0.15, 0.2) is 0 Å². The minimum Gasteiger partial charge on any atom is -0.339 e. The highest BCUT2D eigenvalue weighted by Gasteiger charge is 2.24. The molecule has 1 aliphatic rings. The summed E-state index contributed by atoms with van der Waals surface area (Å²) in [6, 6.07) is 4.37. The van der Waals surface area contributed by atoms with E-state index in [2.05, 4.69) is 6.92 Å². The van der Waals surface area contributed by atoms with Crippen LogP contribution in [0.5, 0.6) is 0 Å². The topological polar surface area (TPSA) is 20.3 Å². The smallest absolute Gasteiger partial charge is 0.254 e. The van der Waals surface area contributed by atoms with Crippen molar-refractivity contribution < 1.29 is 9.18 Å². The van der Waals surface area contributed by atoms with Crippen molar-refractivity contribution in [3.63, 3.8) is 0 Å². The van der Waals surface area contributed by atoms with Gasteiger partial charge in [-0.1, -0.05) is 19.8 Å². The van der Waals surface area contributed by atoms with Crippen LogP contribution < -0.4 is 0 Å². The van der Waals surface area contributed by atoms with Crippen molar-refractivity contribution in [3.8, 4) is 0 Å². The first-order valence-corrected chi connectivity index (χ1v) is 7.94. The molecular formula is C15H19FINO. The Hall–Kier alpha value is -0.650. The highest BCUT2D eigenvalue weighted by molar-refractivity contribution is 14.1. The Labute approximate surface area is 127 Å². The zero-order valence-electron chi connectivity index (χ0n) is 11.2. The summed E-state index contributed by atoms with van der Waals surface area (Å²) in [7, 11) is 0. The number of carbonyl (C=O) groups is 1. The third-order valence-corrected chi connectivity index (χ3v) is 4.65. The van der Waals surface area contributed by atoms with Crippen LogP contribution >= 0.6 is 22.6 Å². The summed E-state index contributed by atoms with van der Waals surface area (Å²) in [5.74, 6) is 0.517. The van der Waals surface area contributed by atoms with Gasteiger partial charge in [-0.3, -0.25) is 4.79 Å². The predicted octanol–water partition coefficient (Wildman–Crippen LogP) is 4.08. The number of carbonyl (C=O) groups excluding carboxylic acids is 1. The minimum absolute atomic E-state index is 0.0411. The number of benzene rings is 1. The number of hydrogen-bond acceptors (Lipinski definition) is 1. The van der Waals surface area contributed by atoms with Crippen molar-refractivity contribution in [1.82, 2.24) is 4.90 Å². The molecule has 19 heavy (non-hydrogen) atoms. The van der Waals surface area contributed by atoms with Gasteiger partial charge in [-0.25, -0.2) is 4.39 Å². The van der Waals surface area contributed by atoms with E-state index >= 15 is 0 Å². The Morgan fingerprint density at radius 2 is 2.11 bits per heavy atom. The van der Waals surface area contributed by atoms with Crippen LogP contribution in [0.1, 0.15) is 43.0 Å². The van der Waals surface area contributed by atoms with Crippen LogP contribution in [0.25, 0.3) is 0 Å². The first-order chi connectivity index (χ1) is 9.11. The average molecular weight is 375 g/mol. The van der Waals surface area contributed by atoms with Crippen LogP contribution in [-0.4, -0.2) is 23.9 Å². The van der Waals surface area contributed by atoms with Crippen molar-refractivity contribution in [3.05, 3.63) is 33.1 Å². The first-order valence-electron chi connectivity index (χ1n) is 6.86. The molecule has 0 N–H and O–H groups in total. The molecule has 1 heterocycles. The summed E-state index contributed by atoms with van der Waals surface area (Å²) in [4.78, 5) is 14.3. The van der Waals surface area contributed by atoms with Crippen molar-refractivity contribution in [2.45, 2.75) is 32.6 Å². The van der Waals surface area contributed by atoms with Crippen molar-refractivity contribution in [1.29, 1.82) is 0 Å². The van der Waals surface area contributed by atoms with Crippen LogP contribution in [-0.2, 0) is 0 Å². The molecule has 2 rings (SSSR count). The van der Waals surface area contributed by atoms with Gasteiger partial charge in [0.1, 0.15) is 5.82 Å². The Balaban J connectivity index is 2.01. The quantitative estimate of drug-likeness (QED) is 0.729. The number of likely N-dealkylation sites (tertiary alicyclic amines) is 1. The maximum atomic E-state index is 13.1. The fourth-order valence-electron chi connectivity index (χ4n) is 2.67. The van der Waals surface area contributed by atoms with E-state index in [0.29, 0.717) is 9.13 Å². The van der Waals surface area contributed by atoms with E-state index in [4.69, 9.17) is 0 Å². The van der Waals surface area contributed by atoms with Gasteiger partial charge in [-0.05, 0) is 59.5 Å². The fraction of sp³-hybridized carbons (Fsp3) is 0.533. The van der Waals surface area contributed by atoms with Gasteiger partial charge >= 0.3 is 0 Å². The van der Waals surface area contributed by atoms with Crippen molar-refractivity contribution in [2.75, 3.05) is 13.1 Å². The monoisotopic (exact) mass is 375 g/mol. The van der Waals surface area contributed by atoms with Gasteiger partial charge < -0.3 is 4.90 Å². The molecule has 0 spiro atoms. The number of piperidine rings is 1. The van der Waals surface area contributed by atoms with Crippen LogP contribution in [0.2, 0.25) is 0 Å². The van der Waals surface area contributed by atoms with Gasteiger partial charge in [0.05, 0.1) is 5.56 Å². The summed E-state index contributed by atoms with van der Waals surface area (Å²) in [6.07, 6.45) is 4.67. The molecule has 2 nitrogen and oxygen atoms in total. The maximum Gasteiger partial charge on any atom is 0.254 e. The lowest BCUT2D eigenvalue weighted by Crippen LogP contribution is -2.38.